The van der Waals surface area contributed by atoms with Crippen molar-refractivity contribution in [2.45, 2.75) is 12.5 Å². The summed E-state index contributed by atoms with van der Waals surface area (Å²) in [5, 5.41) is 5.99. The van der Waals surface area contributed by atoms with Crippen LogP contribution in [0.3, 0.4) is 0 Å². The van der Waals surface area contributed by atoms with Crippen molar-refractivity contribution in [3.8, 4) is 0 Å². The number of carbonyl (C=O) groups excluding carboxylic acids is 1. The number of anilines is 1. The Bertz CT molecular complexity index is 558. The molecular weight excluding hydrogens is 273 g/mol. The number of ether oxygens (including phenoxy) is 1. The van der Waals surface area contributed by atoms with Crippen LogP contribution >= 0.6 is 0 Å². The second-order valence-electron chi connectivity index (χ2n) is 5.34. The zero-order chi connectivity index (χ0) is 15.5. The van der Waals surface area contributed by atoms with E-state index in [9.17, 15) is 9.18 Å². The first-order valence-corrected chi connectivity index (χ1v) is 7.30. The highest BCUT2D eigenvalue weighted by atomic mass is 19.1. The fourth-order valence-corrected chi connectivity index (χ4v) is 2.65. The third-order valence-electron chi connectivity index (χ3n) is 3.84. The summed E-state index contributed by atoms with van der Waals surface area (Å²) in [4.78, 5) is 14.1. The predicted octanol–water partition coefficient (Wildman–Crippen LogP) is 0.754. The van der Waals surface area contributed by atoms with Crippen molar-refractivity contribution >= 4 is 11.6 Å². The zero-order valence-electron chi connectivity index (χ0n) is 12.8. The summed E-state index contributed by atoms with van der Waals surface area (Å²) >= 11 is 0. The lowest BCUT2D eigenvalue weighted by Crippen LogP contribution is -2.44. The summed E-state index contributed by atoms with van der Waals surface area (Å²) in [5.74, 6) is -1.04. The number of carbonyl (C=O) groups is 1. The van der Waals surface area contributed by atoms with Crippen LogP contribution in [0.5, 0.6) is 0 Å². The normalized spacial score (nSPS) is 23.0. The van der Waals surface area contributed by atoms with E-state index in [1.807, 2.05) is 4.90 Å². The minimum absolute atomic E-state index is 0.0530. The smallest absolute Gasteiger partial charge is 0.251 e. The third-order valence-corrected chi connectivity index (χ3v) is 3.84. The average Bonchev–Trinajstić information content (AvgIpc) is 3.03. The Labute approximate surface area is 124 Å². The summed E-state index contributed by atoms with van der Waals surface area (Å²) < 4.78 is 27.6. The molecule has 114 valence electrons. The van der Waals surface area contributed by atoms with Gasteiger partial charge in [0.05, 0.1) is 19.7 Å². The predicted molar refractivity (Wildman–Crippen MR) is 78.2 cm³/mol. The largest absolute Gasteiger partial charge is 0.379 e. The first-order valence-electron chi connectivity index (χ1n) is 7.80. The van der Waals surface area contributed by atoms with Gasteiger partial charge in [0.25, 0.3) is 5.91 Å². The number of nitrogens with one attached hydrogen (secondary N) is 2. The van der Waals surface area contributed by atoms with Gasteiger partial charge in [-0.15, -0.1) is 0 Å². The van der Waals surface area contributed by atoms with Crippen molar-refractivity contribution < 1.29 is 15.3 Å². The van der Waals surface area contributed by atoms with E-state index in [1.165, 1.54) is 6.07 Å². The molecule has 0 radical (unpaired) electrons. The van der Waals surface area contributed by atoms with Gasteiger partial charge in [-0.2, -0.15) is 0 Å². The number of rotatable bonds is 3. The zero-order valence-corrected chi connectivity index (χ0v) is 11.8. The molecule has 0 aromatic heterocycles. The van der Waals surface area contributed by atoms with Crippen molar-refractivity contribution in [3.05, 3.63) is 29.6 Å². The molecule has 1 aromatic rings. The molecule has 21 heavy (non-hydrogen) atoms. The van der Waals surface area contributed by atoms with Gasteiger partial charge < -0.3 is 20.3 Å². The number of nitrogens with zero attached hydrogens (tertiary/aromatic N) is 1. The third kappa shape index (κ3) is 3.33. The highest BCUT2D eigenvalue weighted by Crippen LogP contribution is 2.21. The first-order chi connectivity index (χ1) is 10.7. The maximum absolute atomic E-state index is 14.5. The SMILES string of the molecule is [2H]c1c(C(=O)N[C@@H]2CCOC2)ccc(N2CCNCC2)c1F. The maximum atomic E-state index is 14.5. The molecule has 1 amide bonds. The van der Waals surface area contributed by atoms with Gasteiger partial charge in [-0.1, -0.05) is 0 Å². The number of benzene rings is 1. The maximum Gasteiger partial charge on any atom is 0.251 e. The Morgan fingerprint density at radius 2 is 2.29 bits per heavy atom. The van der Waals surface area contributed by atoms with Crippen molar-refractivity contribution in [3.63, 3.8) is 0 Å². The molecule has 6 heteroatoms. The second kappa shape index (κ2) is 6.41. The highest BCUT2D eigenvalue weighted by molar-refractivity contribution is 5.94. The lowest BCUT2D eigenvalue weighted by atomic mass is 10.1. The standard InChI is InChI=1S/C15H20FN3O2/c16-13-9-11(15(20)18-12-3-8-21-10-12)1-2-14(13)19-6-4-17-5-7-19/h1-2,9,12,17H,3-8,10H2,(H,18,20)/t12-/m1/s1/i9D. The summed E-state index contributed by atoms with van der Waals surface area (Å²) in [6, 6.07) is 2.74. The molecule has 2 N–H and O–H groups in total. The molecule has 0 aliphatic carbocycles. The number of hydrogen-bond donors (Lipinski definition) is 2. The monoisotopic (exact) mass is 294 g/mol. The second-order valence-corrected chi connectivity index (χ2v) is 5.34. The molecule has 5 nitrogen and oxygen atoms in total. The Morgan fingerprint density at radius 1 is 1.48 bits per heavy atom. The quantitative estimate of drug-likeness (QED) is 0.864. The van der Waals surface area contributed by atoms with Crippen LogP contribution in [0.15, 0.2) is 18.2 Å². The van der Waals surface area contributed by atoms with Gasteiger partial charge in [0.1, 0.15) is 5.82 Å². The Hall–Kier alpha value is -1.66. The lowest BCUT2D eigenvalue weighted by molar-refractivity contribution is 0.0929. The van der Waals surface area contributed by atoms with E-state index in [0.717, 1.165) is 19.5 Å². The molecule has 0 unspecified atom stereocenters. The van der Waals surface area contributed by atoms with E-state index in [-0.39, 0.29) is 17.6 Å². The molecule has 2 aliphatic heterocycles. The number of halogens is 1. The van der Waals surface area contributed by atoms with Gasteiger partial charge in [-0.05, 0) is 24.6 Å². The van der Waals surface area contributed by atoms with Crippen LogP contribution in [0.2, 0.25) is 0 Å². The number of hydrogen-bond acceptors (Lipinski definition) is 4. The summed E-state index contributed by atoms with van der Waals surface area (Å²) in [6.07, 6.45) is 0.750. The molecule has 0 bridgehead atoms. The van der Waals surface area contributed by atoms with Crippen LogP contribution in [0.1, 0.15) is 18.1 Å². The van der Waals surface area contributed by atoms with Crippen LogP contribution < -0.4 is 15.5 Å². The van der Waals surface area contributed by atoms with E-state index in [2.05, 4.69) is 10.6 Å². The fourth-order valence-electron chi connectivity index (χ4n) is 2.65. The van der Waals surface area contributed by atoms with Crippen LogP contribution in [-0.4, -0.2) is 51.3 Å². The minimum atomic E-state index is -0.628. The van der Waals surface area contributed by atoms with Crippen LogP contribution in [0.25, 0.3) is 0 Å². The molecule has 2 fully saturated rings. The van der Waals surface area contributed by atoms with Crippen molar-refractivity contribution in [1.82, 2.24) is 10.6 Å². The van der Waals surface area contributed by atoms with E-state index in [0.29, 0.717) is 32.0 Å². The van der Waals surface area contributed by atoms with Crippen molar-refractivity contribution in [1.29, 1.82) is 0 Å². The molecule has 3 rings (SSSR count). The molecule has 0 saturated carbocycles. The van der Waals surface area contributed by atoms with Gasteiger partial charge >= 0.3 is 0 Å². The van der Waals surface area contributed by atoms with Crippen molar-refractivity contribution in [2.24, 2.45) is 0 Å². The van der Waals surface area contributed by atoms with E-state index < -0.39 is 11.7 Å². The topological polar surface area (TPSA) is 53.6 Å². The van der Waals surface area contributed by atoms with Gasteiger partial charge in [0.2, 0.25) is 0 Å². The van der Waals surface area contributed by atoms with E-state index in [1.54, 1.807) is 6.07 Å². The molecule has 1 aromatic carbocycles. The Morgan fingerprint density at radius 3 is 3.00 bits per heavy atom. The highest BCUT2D eigenvalue weighted by Gasteiger charge is 2.20. The molecule has 2 saturated heterocycles. The number of amides is 1. The molecule has 0 spiro atoms. The summed E-state index contributed by atoms with van der Waals surface area (Å²) in [6.45, 7) is 4.06. The van der Waals surface area contributed by atoms with Gasteiger partial charge in [0, 0.05) is 38.3 Å². The Kier molecular flexibility index (Phi) is 3.98. The fraction of sp³-hybridized carbons (Fsp3) is 0.533. The number of piperazine rings is 1. The van der Waals surface area contributed by atoms with E-state index >= 15 is 0 Å². The summed E-state index contributed by atoms with van der Waals surface area (Å²) in [7, 11) is 0. The average molecular weight is 294 g/mol. The first kappa shape index (κ1) is 13.0. The van der Waals surface area contributed by atoms with Crippen LogP contribution in [0, 0.1) is 5.82 Å². The van der Waals surface area contributed by atoms with Crippen molar-refractivity contribution in [2.75, 3.05) is 44.3 Å². The van der Waals surface area contributed by atoms with Crippen LogP contribution in [0.4, 0.5) is 10.1 Å². The molecular formula is C15H20FN3O2. The Balaban J connectivity index is 1.77. The van der Waals surface area contributed by atoms with Crippen LogP contribution in [-0.2, 0) is 4.74 Å². The van der Waals surface area contributed by atoms with Gasteiger partial charge in [0.15, 0.2) is 0 Å². The summed E-state index contributed by atoms with van der Waals surface area (Å²) in [5.41, 5.74) is 0.468. The lowest BCUT2D eigenvalue weighted by Gasteiger charge is -2.29. The molecule has 2 aliphatic rings. The molecule has 2 heterocycles. The van der Waals surface area contributed by atoms with E-state index in [4.69, 9.17) is 6.11 Å². The molecule has 1 atom stereocenters. The van der Waals surface area contributed by atoms with Gasteiger partial charge in [-0.25, -0.2) is 4.39 Å². The van der Waals surface area contributed by atoms with Gasteiger partial charge in [-0.3, -0.25) is 4.79 Å². The minimum Gasteiger partial charge on any atom is -0.379 e.